The SMILES string of the molecule is CC(C)(C)C(N)C1(O)CC(CF)(CF)C1. The molecule has 1 aliphatic carbocycles. The van der Waals surface area contributed by atoms with Gasteiger partial charge in [0.15, 0.2) is 0 Å². The summed E-state index contributed by atoms with van der Waals surface area (Å²) >= 11 is 0. The van der Waals surface area contributed by atoms with Crippen LogP contribution in [0.5, 0.6) is 0 Å². The van der Waals surface area contributed by atoms with Crippen molar-refractivity contribution in [2.24, 2.45) is 16.6 Å². The van der Waals surface area contributed by atoms with Crippen LogP contribution < -0.4 is 5.73 Å². The van der Waals surface area contributed by atoms with Crippen LogP contribution in [-0.2, 0) is 0 Å². The van der Waals surface area contributed by atoms with Crippen molar-refractivity contribution in [2.75, 3.05) is 13.3 Å². The van der Waals surface area contributed by atoms with E-state index in [2.05, 4.69) is 0 Å². The quantitative estimate of drug-likeness (QED) is 0.763. The molecule has 0 heterocycles. The van der Waals surface area contributed by atoms with E-state index in [1.165, 1.54) is 0 Å². The van der Waals surface area contributed by atoms with Crippen molar-refractivity contribution in [3.05, 3.63) is 0 Å². The lowest BCUT2D eigenvalue weighted by molar-refractivity contribution is -0.171. The first-order chi connectivity index (χ1) is 6.69. The molecule has 1 atom stereocenters. The van der Waals surface area contributed by atoms with Crippen LogP contribution in [0.15, 0.2) is 0 Å². The first kappa shape index (κ1) is 12.8. The second-order valence-corrected chi connectivity index (χ2v) is 6.07. The molecule has 0 radical (unpaired) electrons. The number of aliphatic hydroxyl groups is 1. The molecular formula is C11H21F2NO. The Morgan fingerprint density at radius 2 is 1.67 bits per heavy atom. The molecule has 0 amide bonds. The van der Waals surface area contributed by atoms with Crippen molar-refractivity contribution in [1.29, 1.82) is 0 Å². The summed E-state index contributed by atoms with van der Waals surface area (Å²) in [7, 11) is 0. The number of nitrogens with two attached hydrogens (primary N) is 1. The molecular weight excluding hydrogens is 200 g/mol. The molecule has 1 rings (SSSR count). The summed E-state index contributed by atoms with van der Waals surface area (Å²) in [5.41, 5.74) is 3.59. The molecule has 2 nitrogen and oxygen atoms in total. The lowest BCUT2D eigenvalue weighted by Gasteiger charge is -2.56. The Morgan fingerprint density at radius 3 is 1.93 bits per heavy atom. The van der Waals surface area contributed by atoms with Gasteiger partial charge in [-0.25, -0.2) is 0 Å². The van der Waals surface area contributed by atoms with Crippen molar-refractivity contribution in [3.63, 3.8) is 0 Å². The molecule has 1 fully saturated rings. The monoisotopic (exact) mass is 221 g/mol. The van der Waals surface area contributed by atoms with Gasteiger partial charge in [-0.05, 0) is 18.3 Å². The standard InChI is InChI=1S/C11H21F2NO/c1-9(2,3)8(14)11(15)4-10(5-11,6-12)7-13/h8,15H,4-7,14H2,1-3H3. The fourth-order valence-corrected chi connectivity index (χ4v) is 2.50. The zero-order valence-electron chi connectivity index (χ0n) is 9.69. The first-order valence-corrected chi connectivity index (χ1v) is 5.29. The second kappa shape index (κ2) is 3.67. The third kappa shape index (κ3) is 2.16. The van der Waals surface area contributed by atoms with E-state index in [0.29, 0.717) is 0 Å². The minimum absolute atomic E-state index is 0.130. The Hall–Kier alpha value is -0.220. The summed E-state index contributed by atoms with van der Waals surface area (Å²) in [6.45, 7) is 4.31. The highest BCUT2D eigenvalue weighted by atomic mass is 19.1. The van der Waals surface area contributed by atoms with Crippen molar-refractivity contribution in [3.8, 4) is 0 Å². The molecule has 1 unspecified atom stereocenters. The van der Waals surface area contributed by atoms with Crippen molar-refractivity contribution < 1.29 is 13.9 Å². The van der Waals surface area contributed by atoms with Crippen LogP contribution >= 0.6 is 0 Å². The maximum atomic E-state index is 12.6. The Bertz CT molecular complexity index is 225. The van der Waals surface area contributed by atoms with Gasteiger partial charge < -0.3 is 10.8 Å². The number of halogens is 2. The molecule has 4 heteroatoms. The van der Waals surface area contributed by atoms with Crippen LogP contribution in [0.1, 0.15) is 33.6 Å². The topological polar surface area (TPSA) is 46.2 Å². The molecule has 0 aromatic rings. The minimum atomic E-state index is -1.10. The molecule has 15 heavy (non-hydrogen) atoms. The first-order valence-electron chi connectivity index (χ1n) is 5.29. The molecule has 0 aromatic heterocycles. The van der Waals surface area contributed by atoms with Gasteiger partial charge in [0.25, 0.3) is 0 Å². The van der Waals surface area contributed by atoms with Crippen LogP contribution in [0, 0.1) is 10.8 Å². The molecule has 0 aromatic carbocycles. The maximum absolute atomic E-state index is 12.6. The van der Waals surface area contributed by atoms with E-state index in [0.717, 1.165) is 0 Å². The predicted molar refractivity (Wildman–Crippen MR) is 56.0 cm³/mol. The van der Waals surface area contributed by atoms with Gasteiger partial charge in [0, 0.05) is 11.5 Å². The number of hydrogen-bond donors (Lipinski definition) is 2. The maximum Gasteiger partial charge on any atom is 0.0977 e. The van der Waals surface area contributed by atoms with Crippen LogP contribution in [0.3, 0.4) is 0 Å². The highest BCUT2D eigenvalue weighted by Crippen LogP contribution is 2.52. The van der Waals surface area contributed by atoms with Crippen LogP contribution in [0.4, 0.5) is 8.78 Å². The van der Waals surface area contributed by atoms with Gasteiger partial charge >= 0.3 is 0 Å². The van der Waals surface area contributed by atoms with E-state index in [9.17, 15) is 13.9 Å². The fourth-order valence-electron chi connectivity index (χ4n) is 2.50. The van der Waals surface area contributed by atoms with Gasteiger partial charge in [-0.2, -0.15) is 0 Å². The smallest absolute Gasteiger partial charge is 0.0977 e. The van der Waals surface area contributed by atoms with E-state index < -0.39 is 30.4 Å². The summed E-state index contributed by atoms with van der Waals surface area (Å²) in [5.74, 6) is 0. The van der Waals surface area contributed by atoms with Crippen LogP contribution in [0.25, 0.3) is 0 Å². The average Bonchev–Trinajstić information content (AvgIpc) is 2.10. The van der Waals surface area contributed by atoms with Gasteiger partial charge in [0.2, 0.25) is 0 Å². The minimum Gasteiger partial charge on any atom is -0.388 e. The molecule has 0 saturated heterocycles. The van der Waals surface area contributed by atoms with Crippen molar-refractivity contribution in [1.82, 2.24) is 0 Å². The predicted octanol–water partition coefficient (Wildman–Crippen LogP) is 1.81. The van der Waals surface area contributed by atoms with E-state index in [-0.39, 0.29) is 18.3 Å². The summed E-state index contributed by atoms with van der Waals surface area (Å²) in [5, 5.41) is 10.2. The van der Waals surface area contributed by atoms with Crippen LogP contribution in [0.2, 0.25) is 0 Å². The van der Waals surface area contributed by atoms with Gasteiger partial charge in [-0.1, -0.05) is 20.8 Å². The molecule has 3 N–H and O–H groups in total. The summed E-state index contributed by atoms with van der Waals surface area (Å²) in [6.07, 6.45) is 0.261. The fraction of sp³-hybridized carbons (Fsp3) is 1.00. The Kier molecular flexibility index (Phi) is 3.14. The summed E-state index contributed by atoms with van der Waals surface area (Å²) in [6, 6.07) is -0.448. The van der Waals surface area contributed by atoms with Crippen molar-refractivity contribution in [2.45, 2.75) is 45.3 Å². The largest absolute Gasteiger partial charge is 0.388 e. The number of hydrogen-bond acceptors (Lipinski definition) is 2. The zero-order valence-corrected chi connectivity index (χ0v) is 9.69. The molecule has 1 aliphatic rings. The molecule has 90 valence electrons. The van der Waals surface area contributed by atoms with Crippen LogP contribution in [-0.4, -0.2) is 30.1 Å². The third-order valence-corrected chi connectivity index (χ3v) is 3.44. The van der Waals surface area contributed by atoms with E-state index in [1.54, 1.807) is 0 Å². The lowest BCUT2D eigenvalue weighted by atomic mass is 9.55. The highest BCUT2D eigenvalue weighted by Gasteiger charge is 2.58. The van der Waals surface area contributed by atoms with E-state index in [1.807, 2.05) is 20.8 Å². The van der Waals surface area contributed by atoms with Gasteiger partial charge in [-0.3, -0.25) is 8.78 Å². The van der Waals surface area contributed by atoms with Crippen molar-refractivity contribution >= 4 is 0 Å². The van der Waals surface area contributed by atoms with E-state index >= 15 is 0 Å². The lowest BCUT2D eigenvalue weighted by Crippen LogP contribution is -2.66. The number of rotatable bonds is 3. The van der Waals surface area contributed by atoms with E-state index in [4.69, 9.17) is 5.73 Å². The molecule has 1 saturated carbocycles. The Labute approximate surface area is 89.8 Å². The Balaban J connectivity index is 2.68. The normalized spacial score (nSPS) is 25.8. The van der Waals surface area contributed by atoms with Gasteiger partial charge in [0.05, 0.1) is 19.0 Å². The zero-order chi connectivity index (χ0) is 11.9. The second-order valence-electron chi connectivity index (χ2n) is 6.07. The van der Waals surface area contributed by atoms with Gasteiger partial charge in [-0.15, -0.1) is 0 Å². The Morgan fingerprint density at radius 1 is 1.27 bits per heavy atom. The average molecular weight is 221 g/mol. The number of alkyl halides is 2. The summed E-state index contributed by atoms with van der Waals surface area (Å²) in [4.78, 5) is 0. The van der Waals surface area contributed by atoms with Gasteiger partial charge in [0.1, 0.15) is 0 Å². The third-order valence-electron chi connectivity index (χ3n) is 3.44. The molecule has 0 bridgehead atoms. The molecule has 0 spiro atoms. The summed E-state index contributed by atoms with van der Waals surface area (Å²) < 4.78 is 25.2. The molecule has 0 aliphatic heterocycles. The highest BCUT2D eigenvalue weighted by molar-refractivity contribution is 5.11.